The van der Waals surface area contributed by atoms with Crippen LogP contribution in [-0.2, 0) is 9.53 Å². The lowest BCUT2D eigenvalue weighted by atomic mass is 10.3. The van der Waals surface area contributed by atoms with Crippen LogP contribution < -0.4 is 16.6 Å². The van der Waals surface area contributed by atoms with Crippen molar-refractivity contribution < 1.29 is 9.53 Å². The number of nitrogens with two attached hydrogens (primary N) is 1. The lowest BCUT2D eigenvalue weighted by molar-refractivity contribution is -0.132. The molecule has 7 heteroatoms. The molecule has 0 saturated carbocycles. The maximum Gasteiger partial charge on any atom is 0.244 e. The first-order valence-corrected chi connectivity index (χ1v) is 6.15. The van der Waals surface area contributed by atoms with E-state index >= 15 is 0 Å². The van der Waals surface area contributed by atoms with Gasteiger partial charge < -0.3 is 15.0 Å². The van der Waals surface area contributed by atoms with E-state index in [0.717, 1.165) is 0 Å². The number of ether oxygens (including phenoxy) is 1. The maximum absolute atomic E-state index is 12.0. The molecule has 4 N–H and O–H groups in total. The van der Waals surface area contributed by atoms with Crippen molar-refractivity contribution in [1.82, 2.24) is 15.6 Å². The fourth-order valence-corrected chi connectivity index (χ4v) is 1.46. The minimum Gasteiger partial charge on any atom is -0.383 e. The number of likely N-dealkylation sites (N-methyl/N-ethyl adjacent to an activating group) is 1. The molecule has 0 spiro atoms. The third-order valence-corrected chi connectivity index (χ3v) is 2.50. The van der Waals surface area contributed by atoms with Crippen LogP contribution in [0.15, 0.2) is 4.99 Å². The Morgan fingerprint density at radius 3 is 2.50 bits per heavy atom. The predicted molar refractivity (Wildman–Crippen MR) is 72.0 cm³/mol. The third kappa shape index (κ3) is 5.83. The van der Waals surface area contributed by atoms with Crippen molar-refractivity contribution in [3.63, 3.8) is 0 Å². The zero-order valence-electron chi connectivity index (χ0n) is 11.7. The number of carbonyl (C=O) groups excluding carboxylic acids is 1. The Kier molecular flexibility index (Phi) is 8.95. The standard InChI is InChI=1S/C11H25N5O2/c1-5-16(6-2)10(17)9(3)14-11(15-12)13-7-8-18-4/h9H,5-8,12H2,1-4H3,(H2,13,14,15). The van der Waals surface area contributed by atoms with Gasteiger partial charge in [0.15, 0.2) is 0 Å². The van der Waals surface area contributed by atoms with Gasteiger partial charge >= 0.3 is 0 Å². The van der Waals surface area contributed by atoms with Gasteiger partial charge in [0.2, 0.25) is 11.9 Å². The normalized spacial score (nSPS) is 13.1. The molecule has 1 amide bonds. The Labute approximate surface area is 109 Å². The Morgan fingerprint density at radius 2 is 2.06 bits per heavy atom. The number of hydrazine groups is 1. The van der Waals surface area contributed by atoms with Crippen molar-refractivity contribution >= 4 is 11.9 Å². The molecule has 0 aromatic heterocycles. The van der Waals surface area contributed by atoms with Crippen molar-refractivity contribution in [2.45, 2.75) is 26.8 Å². The first-order chi connectivity index (χ1) is 8.60. The molecule has 0 saturated heterocycles. The molecule has 0 aliphatic carbocycles. The summed E-state index contributed by atoms with van der Waals surface area (Å²) in [7, 11) is 1.60. The smallest absolute Gasteiger partial charge is 0.244 e. The van der Waals surface area contributed by atoms with Crippen molar-refractivity contribution in [3.05, 3.63) is 0 Å². The van der Waals surface area contributed by atoms with Crippen LogP contribution in [0, 0.1) is 0 Å². The lowest BCUT2D eigenvalue weighted by Gasteiger charge is -2.24. The van der Waals surface area contributed by atoms with Gasteiger partial charge in [0.1, 0.15) is 6.04 Å². The topological polar surface area (TPSA) is 92.0 Å². The zero-order valence-corrected chi connectivity index (χ0v) is 11.7. The molecule has 0 bridgehead atoms. The van der Waals surface area contributed by atoms with Gasteiger partial charge in [0, 0.05) is 20.2 Å². The van der Waals surface area contributed by atoms with E-state index in [-0.39, 0.29) is 11.9 Å². The number of amides is 1. The van der Waals surface area contributed by atoms with E-state index in [0.29, 0.717) is 32.2 Å². The van der Waals surface area contributed by atoms with Gasteiger partial charge in [-0.25, -0.2) is 10.8 Å². The molecule has 0 aliphatic rings. The van der Waals surface area contributed by atoms with E-state index in [1.807, 2.05) is 13.8 Å². The summed E-state index contributed by atoms with van der Waals surface area (Å²) in [6.07, 6.45) is 0. The molecular weight excluding hydrogens is 234 g/mol. The molecule has 106 valence electrons. The summed E-state index contributed by atoms with van der Waals surface area (Å²) in [4.78, 5) is 17.9. The van der Waals surface area contributed by atoms with Gasteiger partial charge in [-0.3, -0.25) is 10.2 Å². The van der Waals surface area contributed by atoms with Gasteiger partial charge in [-0.05, 0) is 20.8 Å². The number of carbonyl (C=O) groups is 1. The van der Waals surface area contributed by atoms with Gasteiger partial charge in [0.25, 0.3) is 0 Å². The molecular formula is C11H25N5O2. The quantitative estimate of drug-likeness (QED) is 0.185. The number of guanidine groups is 1. The molecule has 0 aliphatic heterocycles. The number of methoxy groups -OCH3 is 1. The van der Waals surface area contributed by atoms with E-state index in [1.165, 1.54) is 0 Å². The number of rotatable bonds is 7. The Balaban J connectivity index is 4.37. The maximum atomic E-state index is 12.0. The molecule has 0 fully saturated rings. The zero-order chi connectivity index (χ0) is 14.0. The summed E-state index contributed by atoms with van der Waals surface area (Å²) in [6, 6.07) is -0.373. The van der Waals surface area contributed by atoms with Crippen LogP contribution in [0.2, 0.25) is 0 Å². The summed E-state index contributed by atoms with van der Waals surface area (Å²) in [6.45, 7) is 8.04. The lowest BCUT2D eigenvalue weighted by Crippen LogP contribution is -2.52. The number of aliphatic imine (C=N–C) groups is 1. The fraction of sp³-hybridized carbons (Fsp3) is 0.818. The van der Waals surface area contributed by atoms with Gasteiger partial charge in [-0.1, -0.05) is 0 Å². The van der Waals surface area contributed by atoms with Crippen LogP contribution in [0.4, 0.5) is 0 Å². The number of nitrogens with zero attached hydrogens (tertiary/aromatic N) is 2. The summed E-state index contributed by atoms with van der Waals surface area (Å²) >= 11 is 0. The minimum atomic E-state index is -0.373. The molecule has 1 atom stereocenters. The van der Waals surface area contributed by atoms with Crippen molar-refractivity contribution in [2.24, 2.45) is 10.8 Å². The van der Waals surface area contributed by atoms with Gasteiger partial charge in [-0.2, -0.15) is 0 Å². The van der Waals surface area contributed by atoms with Crippen molar-refractivity contribution in [1.29, 1.82) is 0 Å². The minimum absolute atomic E-state index is 0.0229. The van der Waals surface area contributed by atoms with Crippen LogP contribution in [0.5, 0.6) is 0 Å². The second-order valence-corrected chi connectivity index (χ2v) is 3.74. The third-order valence-electron chi connectivity index (χ3n) is 2.50. The number of nitrogens with one attached hydrogen (secondary N) is 2. The molecule has 7 nitrogen and oxygen atoms in total. The van der Waals surface area contributed by atoms with Crippen LogP contribution in [-0.4, -0.2) is 56.2 Å². The SMILES string of the molecule is CCN(CC)C(=O)C(C)NC(=NCCOC)NN. The summed E-state index contributed by atoms with van der Waals surface area (Å²) in [5.74, 6) is 5.75. The fourth-order valence-electron chi connectivity index (χ4n) is 1.46. The van der Waals surface area contributed by atoms with Crippen LogP contribution >= 0.6 is 0 Å². The molecule has 18 heavy (non-hydrogen) atoms. The highest BCUT2D eigenvalue weighted by atomic mass is 16.5. The molecule has 0 rings (SSSR count). The predicted octanol–water partition coefficient (Wildman–Crippen LogP) is -0.701. The molecule has 1 unspecified atom stereocenters. The van der Waals surface area contributed by atoms with E-state index in [4.69, 9.17) is 10.6 Å². The Hall–Kier alpha value is -1.34. The Bertz CT molecular complexity index is 266. The van der Waals surface area contributed by atoms with Gasteiger partial charge in [-0.15, -0.1) is 0 Å². The average molecular weight is 259 g/mol. The first-order valence-electron chi connectivity index (χ1n) is 6.15. The number of hydrogen-bond donors (Lipinski definition) is 3. The number of hydrogen-bond acceptors (Lipinski definition) is 4. The van der Waals surface area contributed by atoms with E-state index in [9.17, 15) is 4.79 Å². The van der Waals surface area contributed by atoms with Crippen molar-refractivity contribution in [2.75, 3.05) is 33.4 Å². The molecule has 0 aromatic carbocycles. The summed E-state index contributed by atoms with van der Waals surface area (Å²) in [5.41, 5.74) is 2.43. The highest BCUT2D eigenvalue weighted by Crippen LogP contribution is 1.94. The second kappa shape index (κ2) is 9.67. The summed E-state index contributed by atoms with van der Waals surface area (Å²) in [5, 5.41) is 2.94. The van der Waals surface area contributed by atoms with E-state index < -0.39 is 0 Å². The monoisotopic (exact) mass is 259 g/mol. The largest absolute Gasteiger partial charge is 0.383 e. The summed E-state index contributed by atoms with van der Waals surface area (Å²) < 4.78 is 4.88. The van der Waals surface area contributed by atoms with E-state index in [1.54, 1.807) is 18.9 Å². The van der Waals surface area contributed by atoms with Crippen LogP contribution in [0.3, 0.4) is 0 Å². The second-order valence-electron chi connectivity index (χ2n) is 3.74. The van der Waals surface area contributed by atoms with Crippen LogP contribution in [0.1, 0.15) is 20.8 Å². The van der Waals surface area contributed by atoms with Crippen LogP contribution in [0.25, 0.3) is 0 Å². The average Bonchev–Trinajstić information content (AvgIpc) is 2.38. The molecule has 0 aromatic rings. The highest BCUT2D eigenvalue weighted by Gasteiger charge is 2.18. The molecule has 0 radical (unpaired) electrons. The van der Waals surface area contributed by atoms with Gasteiger partial charge in [0.05, 0.1) is 13.2 Å². The Morgan fingerprint density at radius 1 is 1.44 bits per heavy atom. The van der Waals surface area contributed by atoms with Crippen molar-refractivity contribution in [3.8, 4) is 0 Å². The molecule has 0 heterocycles. The first kappa shape index (κ1) is 16.7. The van der Waals surface area contributed by atoms with E-state index in [2.05, 4.69) is 15.7 Å². The highest BCUT2D eigenvalue weighted by molar-refractivity contribution is 5.88.